The topological polar surface area (TPSA) is 21.3 Å². The first kappa shape index (κ1) is 11.6. The minimum atomic E-state index is -0.172. The van der Waals surface area contributed by atoms with Gasteiger partial charge in [0.25, 0.3) is 0 Å². The molecule has 2 rings (SSSR count). The maximum absolute atomic E-state index is 13.9. The van der Waals surface area contributed by atoms with Crippen molar-refractivity contribution < 1.29 is 9.13 Å². The van der Waals surface area contributed by atoms with Gasteiger partial charge in [-0.2, -0.15) is 0 Å². The third-order valence-corrected chi connectivity index (χ3v) is 3.14. The molecule has 88 valence electrons. The first-order valence-electron chi connectivity index (χ1n) is 5.61. The highest BCUT2D eigenvalue weighted by Crippen LogP contribution is 2.38. The van der Waals surface area contributed by atoms with Crippen LogP contribution in [-0.4, -0.2) is 20.2 Å². The fourth-order valence-corrected chi connectivity index (χ4v) is 2.27. The summed E-state index contributed by atoms with van der Waals surface area (Å²) in [6, 6.07) is 5.29. The first-order valence-corrected chi connectivity index (χ1v) is 5.61. The Morgan fingerprint density at radius 1 is 1.50 bits per heavy atom. The van der Waals surface area contributed by atoms with Crippen LogP contribution in [0.1, 0.15) is 31.1 Å². The second-order valence-electron chi connectivity index (χ2n) is 4.94. The van der Waals surface area contributed by atoms with Crippen LogP contribution in [0.5, 0.6) is 0 Å². The van der Waals surface area contributed by atoms with Crippen LogP contribution in [0.3, 0.4) is 0 Å². The molecule has 0 bridgehead atoms. The Balaban J connectivity index is 2.49. The van der Waals surface area contributed by atoms with E-state index < -0.39 is 0 Å². The molecule has 0 saturated carbocycles. The van der Waals surface area contributed by atoms with Gasteiger partial charge in [-0.1, -0.05) is 26.0 Å². The van der Waals surface area contributed by atoms with Gasteiger partial charge in [-0.05, 0) is 18.7 Å². The summed E-state index contributed by atoms with van der Waals surface area (Å²) in [5, 5.41) is 3.04. The number of fused-ring (bicyclic) bond motifs is 1. The Hall–Kier alpha value is -0.930. The molecule has 0 fully saturated rings. The highest BCUT2D eigenvalue weighted by molar-refractivity contribution is 5.38. The SMILES string of the molecule is CNC[C@@H]1OCC(C)(C)c2cccc(F)c21. The van der Waals surface area contributed by atoms with Crippen LogP contribution in [0.2, 0.25) is 0 Å². The van der Waals surface area contributed by atoms with E-state index in [1.165, 1.54) is 6.07 Å². The lowest BCUT2D eigenvalue weighted by atomic mass is 9.79. The largest absolute Gasteiger partial charge is 0.371 e. The third kappa shape index (κ3) is 1.85. The summed E-state index contributed by atoms with van der Waals surface area (Å²) in [4.78, 5) is 0. The fourth-order valence-electron chi connectivity index (χ4n) is 2.27. The van der Waals surface area contributed by atoms with Crippen molar-refractivity contribution in [2.45, 2.75) is 25.4 Å². The van der Waals surface area contributed by atoms with Gasteiger partial charge < -0.3 is 10.1 Å². The molecule has 2 nitrogen and oxygen atoms in total. The smallest absolute Gasteiger partial charge is 0.129 e. The Labute approximate surface area is 95.8 Å². The molecule has 0 amide bonds. The van der Waals surface area contributed by atoms with E-state index >= 15 is 0 Å². The molecule has 0 spiro atoms. The summed E-state index contributed by atoms with van der Waals surface area (Å²) >= 11 is 0. The first-order chi connectivity index (χ1) is 7.56. The highest BCUT2D eigenvalue weighted by Gasteiger charge is 2.34. The zero-order valence-electron chi connectivity index (χ0n) is 10.0. The number of rotatable bonds is 2. The van der Waals surface area contributed by atoms with E-state index in [1.807, 2.05) is 13.1 Å². The summed E-state index contributed by atoms with van der Waals surface area (Å²) in [5.74, 6) is -0.162. The lowest BCUT2D eigenvalue weighted by Gasteiger charge is -2.37. The van der Waals surface area contributed by atoms with Crippen LogP contribution in [0.4, 0.5) is 4.39 Å². The molecule has 0 aromatic heterocycles. The van der Waals surface area contributed by atoms with E-state index in [4.69, 9.17) is 4.74 Å². The average Bonchev–Trinajstić information content (AvgIpc) is 2.23. The van der Waals surface area contributed by atoms with Crippen LogP contribution in [0, 0.1) is 5.82 Å². The molecule has 1 N–H and O–H groups in total. The van der Waals surface area contributed by atoms with E-state index in [0.29, 0.717) is 18.7 Å². The molecule has 0 unspecified atom stereocenters. The zero-order chi connectivity index (χ0) is 11.8. The van der Waals surface area contributed by atoms with Crippen LogP contribution in [-0.2, 0) is 10.2 Å². The summed E-state index contributed by atoms with van der Waals surface area (Å²) in [6.45, 7) is 5.45. The highest BCUT2D eigenvalue weighted by atomic mass is 19.1. The zero-order valence-corrected chi connectivity index (χ0v) is 10.0. The van der Waals surface area contributed by atoms with Crippen LogP contribution < -0.4 is 5.32 Å². The normalized spacial score (nSPS) is 22.9. The summed E-state index contributed by atoms with van der Waals surface area (Å²) in [7, 11) is 1.85. The number of hydrogen-bond acceptors (Lipinski definition) is 2. The number of nitrogens with one attached hydrogen (secondary N) is 1. The predicted octanol–water partition coefficient (Wildman–Crippen LogP) is 2.39. The number of benzene rings is 1. The number of halogens is 1. The van der Waals surface area contributed by atoms with E-state index in [9.17, 15) is 4.39 Å². The van der Waals surface area contributed by atoms with Gasteiger partial charge in [0.1, 0.15) is 5.82 Å². The molecule has 1 aromatic carbocycles. The monoisotopic (exact) mass is 223 g/mol. The summed E-state index contributed by atoms with van der Waals surface area (Å²) in [5.41, 5.74) is 1.67. The van der Waals surface area contributed by atoms with Gasteiger partial charge >= 0.3 is 0 Å². The molecular weight excluding hydrogens is 205 g/mol. The van der Waals surface area contributed by atoms with Gasteiger partial charge in [0.15, 0.2) is 0 Å². The van der Waals surface area contributed by atoms with Crippen molar-refractivity contribution in [2.75, 3.05) is 20.2 Å². The predicted molar refractivity (Wildman–Crippen MR) is 62.0 cm³/mol. The van der Waals surface area contributed by atoms with Crippen LogP contribution in [0.15, 0.2) is 18.2 Å². The van der Waals surface area contributed by atoms with E-state index in [1.54, 1.807) is 6.07 Å². The molecule has 1 aromatic rings. The summed E-state index contributed by atoms with van der Waals surface area (Å²) < 4.78 is 19.6. The van der Waals surface area contributed by atoms with Crippen molar-refractivity contribution in [2.24, 2.45) is 0 Å². The maximum Gasteiger partial charge on any atom is 0.129 e. The molecule has 1 aliphatic rings. The van der Waals surface area contributed by atoms with Gasteiger partial charge in [-0.15, -0.1) is 0 Å². The minimum Gasteiger partial charge on any atom is -0.371 e. The Morgan fingerprint density at radius 3 is 2.94 bits per heavy atom. The maximum atomic E-state index is 13.9. The van der Waals surface area contributed by atoms with Crippen molar-refractivity contribution in [3.8, 4) is 0 Å². The quantitative estimate of drug-likeness (QED) is 0.831. The molecule has 0 aliphatic carbocycles. The van der Waals surface area contributed by atoms with Gasteiger partial charge in [0.2, 0.25) is 0 Å². The van der Waals surface area contributed by atoms with Gasteiger partial charge in [0, 0.05) is 17.5 Å². The van der Waals surface area contributed by atoms with Crippen molar-refractivity contribution in [3.63, 3.8) is 0 Å². The van der Waals surface area contributed by atoms with Crippen molar-refractivity contribution >= 4 is 0 Å². The number of likely N-dealkylation sites (N-methyl/N-ethyl adjacent to an activating group) is 1. The molecule has 1 heterocycles. The molecule has 3 heteroatoms. The number of ether oxygens (including phenoxy) is 1. The van der Waals surface area contributed by atoms with Crippen molar-refractivity contribution in [3.05, 3.63) is 35.1 Å². The lowest BCUT2D eigenvalue weighted by molar-refractivity contribution is 0.00581. The second kappa shape index (κ2) is 4.15. The van der Waals surface area contributed by atoms with E-state index in [0.717, 1.165) is 5.56 Å². The Bertz CT molecular complexity index is 390. The fraction of sp³-hybridized carbons (Fsp3) is 0.538. The molecular formula is C13H18FNO. The molecule has 16 heavy (non-hydrogen) atoms. The standard InChI is InChI=1S/C13H18FNO/c1-13(2)8-16-11(7-15-3)12-9(13)5-4-6-10(12)14/h4-6,11,15H,7-8H2,1-3H3/t11-/m0/s1. The van der Waals surface area contributed by atoms with Crippen LogP contribution in [0.25, 0.3) is 0 Å². The number of hydrogen-bond donors (Lipinski definition) is 1. The molecule has 0 saturated heterocycles. The second-order valence-corrected chi connectivity index (χ2v) is 4.94. The Kier molecular flexibility index (Phi) is 3.00. The lowest BCUT2D eigenvalue weighted by Crippen LogP contribution is -2.36. The molecule has 0 radical (unpaired) electrons. The van der Waals surface area contributed by atoms with Crippen molar-refractivity contribution in [1.82, 2.24) is 5.32 Å². The van der Waals surface area contributed by atoms with E-state index in [-0.39, 0.29) is 17.3 Å². The van der Waals surface area contributed by atoms with E-state index in [2.05, 4.69) is 19.2 Å². The minimum absolute atomic E-state index is 0.109. The Morgan fingerprint density at radius 2 is 2.25 bits per heavy atom. The average molecular weight is 223 g/mol. The van der Waals surface area contributed by atoms with Gasteiger partial charge in [0.05, 0.1) is 12.7 Å². The summed E-state index contributed by atoms with van der Waals surface area (Å²) in [6.07, 6.45) is -0.172. The van der Waals surface area contributed by atoms with Crippen molar-refractivity contribution in [1.29, 1.82) is 0 Å². The molecule has 1 aliphatic heterocycles. The van der Waals surface area contributed by atoms with Gasteiger partial charge in [-0.3, -0.25) is 0 Å². The van der Waals surface area contributed by atoms with Gasteiger partial charge in [-0.25, -0.2) is 4.39 Å². The third-order valence-electron chi connectivity index (χ3n) is 3.14. The van der Waals surface area contributed by atoms with Crippen LogP contribution >= 0.6 is 0 Å². The molecule has 1 atom stereocenters.